The normalized spacial score (nSPS) is 24.0. The van der Waals surface area contributed by atoms with Crippen LogP contribution in [0.5, 0.6) is 0 Å². The number of likely N-dealkylation sites (tertiary alicyclic amines) is 1. The van der Waals surface area contributed by atoms with Crippen LogP contribution in [0, 0.1) is 5.41 Å². The molecule has 1 N–H and O–H groups in total. The number of amides is 2. The third kappa shape index (κ3) is 4.51. The predicted octanol–water partition coefficient (Wildman–Crippen LogP) is 1.27. The molecule has 2 aliphatic heterocycles. The molecule has 0 radical (unpaired) electrons. The number of carbonyl (C=O) groups is 2. The van der Waals surface area contributed by atoms with Crippen molar-refractivity contribution in [3.8, 4) is 0 Å². The summed E-state index contributed by atoms with van der Waals surface area (Å²) >= 11 is 0. The van der Waals surface area contributed by atoms with Gasteiger partial charge in [-0.2, -0.15) is 0 Å². The predicted molar refractivity (Wildman–Crippen MR) is 96.4 cm³/mol. The molecule has 2 amide bonds. The Labute approximate surface area is 149 Å². The highest BCUT2D eigenvalue weighted by Gasteiger charge is 2.40. The molecule has 2 saturated heterocycles. The van der Waals surface area contributed by atoms with Crippen LogP contribution in [0.1, 0.15) is 19.8 Å². The van der Waals surface area contributed by atoms with Gasteiger partial charge in [-0.15, -0.1) is 0 Å². The maximum Gasteiger partial charge on any atom is 0.241 e. The van der Waals surface area contributed by atoms with Crippen LogP contribution >= 0.6 is 0 Å². The Morgan fingerprint density at radius 1 is 1.20 bits per heavy atom. The fraction of sp³-hybridized carbons (Fsp3) is 0.579. The number of nitrogens with zero attached hydrogens (tertiary/aromatic N) is 2. The van der Waals surface area contributed by atoms with Crippen LogP contribution in [0.2, 0.25) is 0 Å². The van der Waals surface area contributed by atoms with Gasteiger partial charge in [-0.05, 0) is 25.0 Å². The molecule has 0 aromatic heterocycles. The van der Waals surface area contributed by atoms with Gasteiger partial charge in [0.1, 0.15) is 0 Å². The molecule has 1 atom stereocenters. The number of nitrogens with one attached hydrogen (secondary N) is 1. The Kier molecular flexibility index (Phi) is 5.58. The van der Waals surface area contributed by atoms with E-state index in [-0.39, 0.29) is 23.8 Å². The molecule has 2 fully saturated rings. The maximum atomic E-state index is 12.4. The number of carbonyl (C=O) groups excluding carboxylic acids is 2. The number of hydrogen-bond donors (Lipinski definition) is 1. The quantitative estimate of drug-likeness (QED) is 0.896. The van der Waals surface area contributed by atoms with E-state index < -0.39 is 0 Å². The van der Waals surface area contributed by atoms with Crippen LogP contribution in [-0.4, -0.2) is 62.7 Å². The van der Waals surface area contributed by atoms with E-state index in [1.165, 1.54) is 12.6 Å². The third-order valence-electron chi connectivity index (χ3n) is 5.06. The standard InChI is InChI=1S/C19H27N3O3/c1-16(23)20-12-18(24)22-9-5-8-19(14-22)13-21(10-11-25-15-19)17-6-3-2-4-7-17/h2-4,6-7H,5,8-15H2,1H3,(H,20,23). The summed E-state index contributed by atoms with van der Waals surface area (Å²) in [6.07, 6.45) is 2.03. The lowest BCUT2D eigenvalue weighted by Crippen LogP contribution is -2.53. The summed E-state index contributed by atoms with van der Waals surface area (Å²) in [4.78, 5) is 27.7. The highest BCUT2D eigenvalue weighted by Crippen LogP contribution is 2.34. The SMILES string of the molecule is CC(=O)NCC(=O)N1CCCC2(COCCN(c3ccccc3)C2)C1. The monoisotopic (exact) mass is 345 g/mol. The summed E-state index contributed by atoms with van der Waals surface area (Å²) in [5.41, 5.74) is 1.16. The fourth-order valence-electron chi connectivity index (χ4n) is 3.83. The second-order valence-corrected chi connectivity index (χ2v) is 7.14. The average Bonchev–Trinajstić information content (AvgIpc) is 2.83. The fourth-order valence-corrected chi connectivity index (χ4v) is 3.83. The van der Waals surface area contributed by atoms with E-state index in [9.17, 15) is 9.59 Å². The smallest absolute Gasteiger partial charge is 0.241 e. The molecule has 6 heteroatoms. The first kappa shape index (κ1) is 17.7. The molecule has 0 bridgehead atoms. The van der Waals surface area contributed by atoms with Gasteiger partial charge in [0.25, 0.3) is 0 Å². The summed E-state index contributed by atoms with van der Waals surface area (Å²) < 4.78 is 5.92. The van der Waals surface area contributed by atoms with Crippen molar-refractivity contribution in [3.63, 3.8) is 0 Å². The van der Waals surface area contributed by atoms with Crippen molar-refractivity contribution in [1.82, 2.24) is 10.2 Å². The van der Waals surface area contributed by atoms with E-state index in [0.29, 0.717) is 19.8 Å². The van der Waals surface area contributed by atoms with E-state index >= 15 is 0 Å². The van der Waals surface area contributed by atoms with Gasteiger partial charge in [-0.3, -0.25) is 9.59 Å². The first-order valence-corrected chi connectivity index (χ1v) is 8.98. The lowest BCUT2D eigenvalue weighted by molar-refractivity contribution is -0.136. The molecule has 1 aromatic carbocycles. The van der Waals surface area contributed by atoms with Crippen molar-refractivity contribution in [2.45, 2.75) is 19.8 Å². The van der Waals surface area contributed by atoms with Gasteiger partial charge in [0.15, 0.2) is 0 Å². The van der Waals surface area contributed by atoms with Crippen molar-refractivity contribution in [2.75, 3.05) is 50.8 Å². The van der Waals surface area contributed by atoms with Crippen LogP contribution in [0.3, 0.4) is 0 Å². The van der Waals surface area contributed by atoms with E-state index in [1.807, 2.05) is 11.0 Å². The second kappa shape index (κ2) is 7.87. The van der Waals surface area contributed by atoms with Crippen LogP contribution < -0.4 is 10.2 Å². The Bertz CT molecular complexity index is 607. The van der Waals surface area contributed by atoms with Crippen molar-refractivity contribution >= 4 is 17.5 Å². The topological polar surface area (TPSA) is 61.9 Å². The molecule has 25 heavy (non-hydrogen) atoms. The summed E-state index contributed by atoms with van der Waals surface area (Å²) in [5.74, 6) is -0.182. The molecule has 1 aromatic rings. The lowest BCUT2D eigenvalue weighted by Gasteiger charge is -2.44. The number of hydrogen-bond acceptors (Lipinski definition) is 4. The number of para-hydroxylation sites is 1. The number of rotatable bonds is 3. The van der Waals surface area contributed by atoms with E-state index in [4.69, 9.17) is 4.74 Å². The molecular formula is C19H27N3O3. The van der Waals surface area contributed by atoms with Gasteiger partial charge in [0.05, 0.1) is 19.8 Å². The zero-order valence-corrected chi connectivity index (χ0v) is 14.9. The number of ether oxygens (including phenoxy) is 1. The van der Waals surface area contributed by atoms with E-state index in [1.54, 1.807) is 0 Å². The van der Waals surface area contributed by atoms with Crippen molar-refractivity contribution in [3.05, 3.63) is 30.3 Å². The zero-order chi connectivity index (χ0) is 17.7. The molecule has 136 valence electrons. The van der Waals surface area contributed by atoms with Gasteiger partial charge in [-0.25, -0.2) is 0 Å². The highest BCUT2D eigenvalue weighted by molar-refractivity contribution is 5.83. The Morgan fingerprint density at radius 3 is 2.76 bits per heavy atom. The molecular weight excluding hydrogens is 318 g/mol. The summed E-state index contributed by atoms with van der Waals surface area (Å²) in [5, 5.41) is 2.61. The number of benzene rings is 1. The molecule has 2 aliphatic rings. The Hall–Kier alpha value is -2.08. The van der Waals surface area contributed by atoms with Gasteiger partial charge < -0.3 is 19.9 Å². The van der Waals surface area contributed by atoms with Crippen LogP contribution in [0.25, 0.3) is 0 Å². The lowest BCUT2D eigenvalue weighted by atomic mass is 9.80. The molecule has 0 saturated carbocycles. The summed E-state index contributed by atoms with van der Waals surface area (Å²) in [6.45, 7) is 6.10. The van der Waals surface area contributed by atoms with Crippen LogP contribution in [-0.2, 0) is 14.3 Å². The number of piperidine rings is 1. The first-order chi connectivity index (χ1) is 12.1. The van der Waals surface area contributed by atoms with Gasteiger partial charge in [0.2, 0.25) is 11.8 Å². The second-order valence-electron chi connectivity index (χ2n) is 7.14. The Morgan fingerprint density at radius 2 is 2.00 bits per heavy atom. The molecule has 0 aliphatic carbocycles. The average molecular weight is 345 g/mol. The summed E-state index contributed by atoms with van der Waals surface area (Å²) in [7, 11) is 0. The Balaban J connectivity index is 1.70. The number of anilines is 1. The van der Waals surface area contributed by atoms with Gasteiger partial charge >= 0.3 is 0 Å². The minimum atomic E-state index is -0.173. The zero-order valence-electron chi connectivity index (χ0n) is 14.9. The minimum Gasteiger partial charge on any atom is -0.379 e. The minimum absolute atomic E-state index is 0.00946. The van der Waals surface area contributed by atoms with E-state index in [2.05, 4.69) is 34.5 Å². The molecule has 1 unspecified atom stereocenters. The van der Waals surface area contributed by atoms with Crippen molar-refractivity contribution in [2.24, 2.45) is 5.41 Å². The summed E-state index contributed by atoms with van der Waals surface area (Å²) in [6, 6.07) is 10.4. The van der Waals surface area contributed by atoms with Gasteiger partial charge in [0, 0.05) is 44.2 Å². The third-order valence-corrected chi connectivity index (χ3v) is 5.06. The van der Waals surface area contributed by atoms with Crippen LogP contribution in [0.15, 0.2) is 30.3 Å². The highest BCUT2D eigenvalue weighted by atomic mass is 16.5. The molecule has 1 spiro atoms. The van der Waals surface area contributed by atoms with Gasteiger partial charge in [-0.1, -0.05) is 18.2 Å². The van der Waals surface area contributed by atoms with Crippen LogP contribution in [0.4, 0.5) is 5.69 Å². The molecule has 2 heterocycles. The largest absolute Gasteiger partial charge is 0.379 e. The molecule has 3 rings (SSSR count). The van der Waals surface area contributed by atoms with Crippen molar-refractivity contribution in [1.29, 1.82) is 0 Å². The molecule has 6 nitrogen and oxygen atoms in total. The van der Waals surface area contributed by atoms with E-state index in [0.717, 1.165) is 32.5 Å². The maximum absolute atomic E-state index is 12.4. The first-order valence-electron chi connectivity index (χ1n) is 8.98. The van der Waals surface area contributed by atoms with Crippen molar-refractivity contribution < 1.29 is 14.3 Å².